The van der Waals surface area contributed by atoms with E-state index in [0.29, 0.717) is 30.8 Å². The predicted molar refractivity (Wildman–Crippen MR) is 111 cm³/mol. The molecule has 2 aliphatic heterocycles. The van der Waals surface area contributed by atoms with Gasteiger partial charge in [-0.05, 0) is 61.2 Å². The summed E-state index contributed by atoms with van der Waals surface area (Å²) in [7, 11) is 0. The fourth-order valence-corrected chi connectivity index (χ4v) is 3.90. The lowest BCUT2D eigenvalue weighted by molar-refractivity contribution is -0.125. The number of imide groups is 1. The average Bonchev–Trinajstić information content (AvgIpc) is 3.00. The number of ether oxygens (including phenoxy) is 1. The number of carbonyl (C=O) groups excluding carboxylic acids is 3. The summed E-state index contributed by atoms with van der Waals surface area (Å²) in [5.41, 5.74) is 1.07. The molecule has 2 saturated heterocycles. The number of hydrogen-bond acceptors (Lipinski definition) is 4. The minimum Gasteiger partial charge on any atom is -0.489 e. The Hall–Kier alpha value is -3.62. The van der Waals surface area contributed by atoms with Gasteiger partial charge in [-0.1, -0.05) is 12.1 Å². The molecular weight excluding hydrogens is 403 g/mol. The van der Waals surface area contributed by atoms with E-state index in [2.05, 4.69) is 16.0 Å². The molecule has 0 radical (unpaired) electrons. The number of nitrogens with zero attached hydrogens (tertiary/aromatic N) is 1. The lowest BCUT2D eigenvalue weighted by atomic mass is 9.89. The number of likely N-dealkylation sites (tertiary alicyclic amines) is 1. The molecule has 5 amide bonds. The van der Waals surface area contributed by atoms with Crippen LogP contribution in [0.2, 0.25) is 0 Å². The zero-order chi connectivity index (χ0) is 22.0. The highest BCUT2D eigenvalue weighted by molar-refractivity contribution is 6.07. The Morgan fingerprint density at radius 1 is 1.26 bits per heavy atom. The molecule has 0 aliphatic carbocycles. The van der Waals surface area contributed by atoms with E-state index in [0.717, 1.165) is 11.1 Å². The number of benzene rings is 2. The number of hydrogen-bond donors (Lipinski definition) is 3. The van der Waals surface area contributed by atoms with E-state index in [-0.39, 0.29) is 25.0 Å². The van der Waals surface area contributed by atoms with Crippen LogP contribution in [-0.4, -0.2) is 41.5 Å². The van der Waals surface area contributed by atoms with E-state index in [1.165, 1.54) is 17.0 Å². The molecule has 2 aromatic carbocycles. The number of anilines is 1. The fraction of sp³-hybridized carbons (Fsp3) is 0.318. The smallest absolute Gasteiger partial charge is 0.322 e. The molecule has 0 saturated carbocycles. The lowest BCUT2D eigenvalue weighted by Crippen LogP contribution is -2.60. The van der Waals surface area contributed by atoms with Crippen LogP contribution in [0.1, 0.15) is 24.0 Å². The van der Waals surface area contributed by atoms with Crippen molar-refractivity contribution >= 4 is 23.7 Å². The van der Waals surface area contributed by atoms with Gasteiger partial charge in [-0.2, -0.15) is 0 Å². The van der Waals surface area contributed by atoms with Gasteiger partial charge in [-0.25, -0.2) is 14.0 Å². The van der Waals surface area contributed by atoms with Crippen molar-refractivity contribution in [3.63, 3.8) is 0 Å². The number of piperidine rings is 1. The van der Waals surface area contributed by atoms with Gasteiger partial charge in [-0.3, -0.25) is 10.1 Å². The van der Waals surface area contributed by atoms with E-state index < -0.39 is 17.5 Å². The second-order valence-corrected chi connectivity index (χ2v) is 7.84. The van der Waals surface area contributed by atoms with Crippen LogP contribution in [0.5, 0.6) is 5.75 Å². The molecule has 2 heterocycles. The molecule has 2 aliphatic rings. The first-order valence-electron chi connectivity index (χ1n) is 10.0. The van der Waals surface area contributed by atoms with Gasteiger partial charge >= 0.3 is 12.1 Å². The van der Waals surface area contributed by atoms with Gasteiger partial charge < -0.3 is 20.3 Å². The number of carbonyl (C=O) groups is 3. The number of aryl methyl sites for hydroxylation is 1. The highest BCUT2D eigenvalue weighted by Crippen LogP contribution is 2.26. The van der Waals surface area contributed by atoms with Gasteiger partial charge in [0, 0.05) is 12.2 Å². The van der Waals surface area contributed by atoms with E-state index in [9.17, 15) is 18.8 Å². The maximum Gasteiger partial charge on any atom is 0.322 e. The molecule has 8 nitrogen and oxygen atoms in total. The van der Waals surface area contributed by atoms with Crippen molar-refractivity contribution in [1.29, 1.82) is 0 Å². The summed E-state index contributed by atoms with van der Waals surface area (Å²) in [5, 5.41) is 7.76. The number of halogens is 1. The molecule has 31 heavy (non-hydrogen) atoms. The maximum atomic E-state index is 13.3. The van der Waals surface area contributed by atoms with Gasteiger partial charge in [0.2, 0.25) is 0 Å². The van der Waals surface area contributed by atoms with E-state index in [1.807, 2.05) is 6.92 Å². The van der Waals surface area contributed by atoms with Gasteiger partial charge in [0.25, 0.3) is 5.91 Å². The first-order valence-corrected chi connectivity index (χ1v) is 10.0. The van der Waals surface area contributed by atoms with Crippen molar-refractivity contribution in [2.24, 2.45) is 0 Å². The Balaban J connectivity index is 1.38. The monoisotopic (exact) mass is 426 g/mol. The largest absolute Gasteiger partial charge is 0.489 e. The molecule has 2 aromatic rings. The highest BCUT2D eigenvalue weighted by Gasteiger charge is 2.49. The zero-order valence-electron chi connectivity index (χ0n) is 17.0. The van der Waals surface area contributed by atoms with Crippen LogP contribution in [-0.2, 0) is 11.4 Å². The number of nitrogens with one attached hydrogen (secondary N) is 3. The third kappa shape index (κ3) is 4.45. The van der Waals surface area contributed by atoms with Gasteiger partial charge in [0.1, 0.15) is 23.7 Å². The van der Waals surface area contributed by atoms with Crippen molar-refractivity contribution in [1.82, 2.24) is 15.5 Å². The number of urea groups is 2. The van der Waals surface area contributed by atoms with Crippen molar-refractivity contribution in [3.05, 3.63) is 59.4 Å². The third-order valence-corrected chi connectivity index (χ3v) is 5.53. The SMILES string of the molecule is Cc1cc(OCc2cccc(F)c2)ccc1NC(=O)N1CCCC2(C1)NC(=O)NC2=O. The summed E-state index contributed by atoms with van der Waals surface area (Å²) in [6, 6.07) is 10.6. The Labute approximate surface area is 178 Å². The molecule has 9 heteroatoms. The molecule has 1 unspecified atom stereocenters. The predicted octanol–water partition coefficient (Wildman–Crippen LogP) is 2.92. The Kier molecular flexibility index (Phi) is 5.50. The highest BCUT2D eigenvalue weighted by atomic mass is 19.1. The van der Waals surface area contributed by atoms with Crippen molar-refractivity contribution < 1.29 is 23.5 Å². The first-order chi connectivity index (χ1) is 14.8. The molecule has 1 spiro atoms. The topological polar surface area (TPSA) is 99.8 Å². The van der Waals surface area contributed by atoms with Crippen molar-refractivity contribution in [2.75, 3.05) is 18.4 Å². The molecular formula is C22H23FN4O4. The van der Waals surface area contributed by atoms with Crippen LogP contribution < -0.4 is 20.7 Å². The Bertz CT molecular complexity index is 1040. The number of rotatable bonds is 4. The van der Waals surface area contributed by atoms with Crippen molar-refractivity contribution in [2.45, 2.75) is 31.9 Å². The van der Waals surface area contributed by atoms with Crippen LogP contribution in [0.25, 0.3) is 0 Å². The normalized spacial score (nSPS) is 20.4. The summed E-state index contributed by atoms with van der Waals surface area (Å²) < 4.78 is 19.0. The standard InChI is InChI=1S/C22H23FN4O4/c1-14-10-17(31-12-15-4-2-5-16(23)11-15)6-7-18(14)24-21(30)27-9-3-8-22(13-27)19(28)25-20(29)26-22/h2,4-7,10-11H,3,8-9,12-13H2,1H3,(H,24,30)(H2,25,26,28,29). The Morgan fingerprint density at radius 3 is 2.81 bits per heavy atom. The molecule has 0 aromatic heterocycles. The lowest BCUT2D eigenvalue weighted by Gasteiger charge is -2.37. The first kappa shape index (κ1) is 20.6. The van der Waals surface area contributed by atoms with Crippen LogP contribution in [0.3, 0.4) is 0 Å². The third-order valence-electron chi connectivity index (χ3n) is 5.53. The maximum absolute atomic E-state index is 13.3. The molecule has 162 valence electrons. The summed E-state index contributed by atoms with van der Waals surface area (Å²) in [6.45, 7) is 2.68. The minimum absolute atomic E-state index is 0.115. The molecule has 1 atom stereocenters. The summed E-state index contributed by atoms with van der Waals surface area (Å²) in [4.78, 5) is 38.0. The average molecular weight is 426 g/mol. The summed E-state index contributed by atoms with van der Waals surface area (Å²) >= 11 is 0. The quantitative estimate of drug-likeness (QED) is 0.655. The molecule has 0 bridgehead atoms. The Morgan fingerprint density at radius 2 is 2.10 bits per heavy atom. The minimum atomic E-state index is -1.06. The van der Waals surface area contributed by atoms with Crippen LogP contribution in [0.15, 0.2) is 42.5 Å². The second-order valence-electron chi connectivity index (χ2n) is 7.84. The summed E-state index contributed by atoms with van der Waals surface area (Å²) in [6.07, 6.45) is 1.09. The van der Waals surface area contributed by atoms with E-state index in [1.54, 1.807) is 30.3 Å². The zero-order valence-corrected chi connectivity index (χ0v) is 17.0. The van der Waals surface area contributed by atoms with E-state index >= 15 is 0 Å². The van der Waals surface area contributed by atoms with E-state index in [4.69, 9.17) is 4.74 Å². The van der Waals surface area contributed by atoms with Gasteiger partial charge in [0.15, 0.2) is 0 Å². The van der Waals surface area contributed by atoms with Gasteiger partial charge in [0.05, 0.1) is 6.54 Å². The van der Waals surface area contributed by atoms with Crippen molar-refractivity contribution in [3.8, 4) is 5.75 Å². The van der Waals surface area contributed by atoms with Gasteiger partial charge in [-0.15, -0.1) is 0 Å². The number of amides is 5. The second kappa shape index (κ2) is 8.25. The van der Waals surface area contributed by atoms with Crippen LogP contribution in [0.4, 0.5) is 19.7 Å². The molecule has 4 rings (SSSR count). The summed E-state index contributed by atoms with van der Waals surface area (Å²) in [5.74, 6) is -0.113. The molecule has 2 fully saturated rings. The van der Waals surface area contributed by atoms with Crippen LogP contribution >= 0.6 is 0 Å². The fourth-order valence-electron chi connectivity index (χ4n) is 3.90. The molecule has 3 N–H and O–H groups in total. The van der Waals surface area contributed by atoms with Crippen LogP contribution in [0, 0.1) is 12.7 Å².